The lowest BCUT2D eigenvalue weighted by Gasteiger charge is -2.16. The van der Waals surface area contributed by atoms with Crippen LogP contribution in [0.2, 0.25) is 0 Å². The summed E-state index contributed by atoms with van der Waals surface area (Å²) in [6, 6.07) is 3.88. The van der Waals surface area contributed by atoms with Gasteiger partial charge in [0.2, 0.25) is 5.82 Å². The van der Waals surface area contributed by atoms with E-state index in [1.807, 2.05) is 0 Å². The van der Waals surface area contributed by atoms with Crippen molar-refractivity contribution in [3.05, 3.63) is 56.4 Å². The lowest BCUT2D eigenvalue weighted by Crippen LogP contribution is -2.32. The predicted octanol–water partition coefficient (Wildman–Crippen LogP) is 2.71. The van der Waals surface area contributed by atoms with Gasteiger partial charge in [0.05, 0.1) is 23.5 Å². The first-order valence-electron chi connectivity index (χ1n) is 8.80. The van der Waals surface area contributed by atoms with Gasteiger partial charge in [-0.15, -0.1) is 0 Å². The Kier molecular flexibility index (Phi) is 6.58. The van der Waals surface area contributed by atoms with Crippen molar-refractivity contribution < 1.29 is 26.8 Å². The Morgan fingerprint density at radius 1 is 1.33 bits per heavy atom. The molecule has 2 aromatic rings. The van der Waals surface area contributed by atoms with Gasteiger partial charge >= 0.3 is 0 Å². The van der Waals surface area contributed by atoms with Gasteiger partial charge in [0.15, 0.2) is 9.84 Å². The van der Waals surface area contributed by atoms with Crippen molar-refractivity contribution >= 4 is 43.0 Å². The van der Waals surface area contributed by atoms with Gasteiger partial charge in [-0.25, -0.2) is 18.3 Å². The van der Waals surface area contributed by atoms with Crippen molar-refractivity contribution in [1.82, 2.24) is 10.0 Å². The monoisotopic (exact) mass is 505 g/mol. The molecule has 2 N–H and O–H groups in total. The lowest BCUT2D eigenvalue weighted by atomic mass is 10.2. The number of benzene rings is 1. The second kappa shape index (κ2) is 8.82. The number of sulfone groups is 1. The quantitative estimate of drug-likeness (QED) is 0.534. The largest absolute Gasteiger partial charge is 0.350 e. The smallest absolute Gasteiger partial charge is 0.289 e. The number of halogens is 3. The number of anilines is 2. The van der Waals surface area contributed by atoms with E-state index in [0.29, 0.717) is 15.0 Å². The SMILES string of the molecule is CS(=O)(=O)Cn1cc(C(=O)NOCC2CC2)c(Nc2ccc(Br)cc2F)c(F)c1=O. The summed E-state index contributed by atoms with van der Waals surface area (Å²) in [5, 5.41) is 2.41. The number of aromatic nitrogens is 1. The van der Waals surface area contributed by atoms with E-state index >= 15 is 0 Å². The van der Waals surface area contributed by atoms with Gasteiger partial charge in [-0.05, 0) is 37.0 Å². The number of hydrogen-bond acceptors (Lipinski definition) is 6. The van der Waals surface area contributed by atoms with E-state index in [9.17, 15) is 26.8 Å². The van der Waals surface area contributed by atoms with Crippen LogP contribution >= 0.6 is 15.9 Å². The third kappa shape index (κ3) is 5.64. The molecule has 8 nitrogen and oxygen atoms in total. The predicted molar refractivity (Wildman–Crippen MR) is 109 cm³/mol. The van der Waals surface area contributed by atoms with Gasteiger partial charge in [-0.1, -0.05) is 15.9 Å². The molecule has 0 atom stereocenters. The number of carbonyl (C=O) groups is 1. The molecular formula is C18H18BrF2N3O5S. The van der Waals surface area contributed by atoms with Gasteiger partial charge in [0, 0.05) is 16.9 Å². The number of nitrogens with one attached hydrogen (secondary N) is 2. The van der Waals surface area contributed by atoms with Crippen molar-refractivity contribution in [3.8, 4) is 0 Å². The fourth-order valence-corrected chi connectivity index (χ4v) is 3.59. The highest BCUT2D eigenvalue weighted by atomic mass is 79.9. The van der Waals surface area contributed by atoms with Gasteiger partial charge < -0.3 is 5.32 Å². The van der Waals surface area contributed by atoms with Crippen LogP contribution in [0.5, 0.6) is 0 Å². The molecule has 0 saturated heterocycles. The van der Waals surface area contributed by atoms with Crippen LogP contribution < -0.4 is 16.4 Å². The molecule has 1 aromatic carbocycles. The first-order valence-corrected chi connectivity index (χ1v) is 11.7. The topological polar surface area (TPSA) is 106 Å². The minimum absolute atomic E-state index is 0.190. The maximum atomic E-state index is 14.9. The highest BCUT2D eigenvalue weighted by Gasteiger charge is 2.25. The highest BCUT2D eigenvalue weighted by Crippen LogP contribution is 2.29. The van der Waals surface area contributed by atoms with Crippen LogP contribution in [0.4, 0.5) is 20.2 Å². The maximum absolute atomic E-state index is 14.9. The fourth-order valence-electron chi connectivity index (χ4n) is 2.56. The molecule has 0 aliphatic heterocycles. The van der Waals surface area contributed by atoms with E-state index < -0.39 is 50.1 Å². The molecule has 0 unspecified atom stereocenters. The average molecular weight is 506 g/mol. The highest BCUT2D eigenvalue weighted by molar-refractivity contribution is 9.10. The van der Waals surface area contributed by atoms with E-state index in [-0.39, 0.29) is 12.3 Å². The van der Waals surface area contributed by atoms with Crippen LogP contribution in [0.15, 0.2) is 33.7 Å². The Morgan fingerprint density at radius 3 is 2.63 bits per heavy atom. The molecule has 1 saturated carbocycles. The molecule has 1 aliphatic rings. The van der Waals surface area contributed by atoms with Crippen molar-refractivity contribution in [3.63, 3.8) is 0 Å². The Hall–Kier alpha value is -2.31. The summed E-state index contributed by atoms with van der Waals surface area (Å²) in [5.41, 5.74) is -0.347. The lowest BCUT2D eigenvalue weighted by molar-refractivity contribution is 0.0270. The standard InChI is InChI=1S/C18H18BrF2N3O5S/c1-30(27,28)9-24-7-12(17(25)23-29-8-10-2-3-10)16(15(21)18(24)26)22-14-5-4-11(19)6-13(14)20/h4-7,10,22H,2-3,8-9H2,1H3,(H,23,25). The van der Waals surface area contributed by atoms with E-state index in [0.717, 1.165) is 31.4 Å². The normalized spacial score (nSPS) is 13.9. The Bertz CT molecular complexity index is 1150. The van der Waals surface area contributed by atoms with E-state index in [2.05, 4.69) is 26.7 Å². The first kappa shape index (κ1) is 22.4. The van der Waals surface area contributed by atoms with Crippen molar-refractivity contribution in [2.75, 3.05) is 18.2 Å². The zero-order valence-electron chi connectivity index (χ0n) is 15.7. The molecule has 0 spiro atoms. The number of carbonyl (C=O) groups excluding carboxylic acids is 1. The summed E-state index contributed by atoms with van der Waals surface area (Å²) in [6.45, 7) is 0.265. The molecule has 30 heavy (non-hydrogen) atoms. The van der Waals surface area contributed by atoms with Gasteiger partial charge in [-0.2, -0.15) is 4.39 Å². The van der Waals surface area contributed by atoms with Crippen LogP contribution in [0.3, 0.4) is 0 Å². The summed E-state index contributed by atoms with van der Waals surface area (Å²) >= 11 is 3.10. The molecule has 1 heterocycles. The van der Waals surface area contributed by atoms with Crippen molar-refractivity contribution in [2.24, 2.45) is 5.92 Å². The Morgan fingerprint density at radius 2 is 2.03 bits per heavy atom. The number of amides is 1. The second-order valence-electron chi connectivity index (χ2n) is 7.00. The summed E-state index contributed by atoms with van der Waals surface area (Å²) in [6.07, 6.45) is 3.69. The van der Waals surface area contributed by atoms with Crippen LogP contribution in [-0.2, 0) is 20.6 Å². The molecular weight excluding hydrogens is 488 g/mol. The summed E-state index contributed by atoms with van der Waals surface area (Å²) in [4.78, 5) is 30.0. The van der Waals surface area contributed by atoms with E-state index in [1.165, 1.54) is 12.1 Å². The number of hydroxylamine groups is 1. The van der Waals surface area contributed by atoms with Gasteiger partial charge in [-0.3, -0.25) is 19.0 Å². The number of nitrogens with zero attached hydrogens (tertiary/aromatic N) is 1. The third-order valence-corrected chi connectivity index (χ3v) is 5.45. The third-order valence-electron chi connectivity index (χ3n) is 4.21. The number of hydrogen-bond donors (Lipinski definition) is 2. The fraction of sp³-hybridized carbons (Fsp3) is 0.333. The average Bonchev–Trinajstić information content (AvgIpc) is 3.46. The molecule has 0 radical (unpaired) electrons. The Balaban J connectivity index is 2.01. The summed E-state index contributed by atoms with van der Waals surface area (Å²) in [7, 11) is -3.71. The number of pyridine rings is 1. The molecule has 1 aromatic heterocycles. The van der Waals surface area contributed by atoms with E-state index in [1.54, 1.807) is 0 Å². The van der Waals surface area contributed by atoms with Crippen LogP contribution in [-0.4, -0.2) is 31.8 Å². The maximum Gasteiger partial charge on any atom is 0.289 e. The second-order valence-corrected chi connectivity index (χ2v) is 10.0. The summed E-state index contributed by atoms with van der Waals surface area (Å²) < 4.78 is 53.2. The van der Waals surface area contributed by atoms with E-state index in [4.69, 9.17) is 4.84 Å². The van der Waals surface area contributed by atoms with Gasteiger partial charge in [0.1, 0.15) is 11.7 Å². The van der Waals surface area contributed by atoms with Crippen LogP contribution in [0.1, 0.15) is 23.2 Å². The van der Waals surface area contributed by atoms with Gasteiger partial charge in [0.25, 0.3) is 11.5 Å². The van der Waals surface area contributed by atoms with Crippen LogP contribution in [0.25, 0.3) is 0 Å². The van der Waals surface area contributed by atoms with Crippen molar-refractivity contribution in [2.45, 2.75) is 18.7 Å². The zero-order valence-corrected chi connectivity index (χ0v) is 18.1. The van der Waals surface area contributed by atoms with Crippen LogP contribution in [0, 0.1) is 17.6 Å². The minimum Gasteiger partial charge on any atom is -0.350 e. The molecule has 162 valence electrons. The summed E-state index contributed by atoms with van der Waals surface area (Å²) in [5.74, 6) is -3.62. The molecule has 1 aliphatic carbocycles. The molecule has 12 heteroatoms. The number of rotatable bonds is 8. The zero-order chi connectivity index (χ0) is 22.1. The first-order chi connectivity index (χ1) is 14.0. The van der Waals surface area contributed by atoms with Crippen molar-refractivity contribution in [1.29, 1.82) is 0 Å². The Labute approximate surface area is 179 Å². The minimum atomic E-state index is -3.71. The molecule has 1 fully saturated rings. The molecule has 1 amide bonds. The molecule has 3 rings (SSSR count). The molecule has 0 bridgehead atoms.